The van der Waals surface area contributed by atoms with Crippen LogP contribution in [0.5, 0.6) is 0 Å². The average molecular weight is 273 g/mol. The van der Waals surface area contributed by atoms with Crippen LogP contribution in [0.2, 0.25) is 0 Å². The lowest BCUT2D eigenvalue weighted by Crippen LogP contribution is -2.37. The number of halogens is 1. The van der Waals surface area contributed by atoms with Gasteiger partial charge in [-0.05, 0) is 25.8 Å². The SMILES string of the molecule is COCCS(=O)(=O)N1CC(CN)CC1C.Cl. The molecular weight excluding hydrogens is 252 g/mol. The molecule has 0 bridgehead atoms. The van der Waals surface area contributed by atoms with E-state index < -0.39 is 10.0 Å². The van der Waals surface area contributed by atoms with Crippen LogP contribution in [0, 0.1) is 5.92 Å². The highest BCUT2D eigenvalue weighted by Crippen LogP contribution is 2.25. The maximum Gasteiger partial charge on any atom is 0.216 e. The standard InChI is InChI=1S/C9H20N2O3S.ClH/c1-8-5-9(6-10)7-11(8)15(12,13)4-3-14-2;/h8-9H,3-7,10H2,1-2H3;1H. The fraction of sp³-hybridized carbons (Fsp3) is 1.00. The van der Waals surface area contributed by atoms with Gasteiger partial charge in [0.2, 0.25) is 10.0 Å². The molecule has 5 nitrogen and oxygen atoms in total. The lowest BCUT2D eigenvalue weighted by molar-refractivity contribution is 0.215. The third kappa shape index (κ3) is 3.85. The third-order valence-corrected chi connectivity index (χ3v) is 4.75. The Hall–Kier alpha value is 0.120. The zero-order valence-corrected chi connectivity index (χ0v) is 11.4. The Bertz CT molecular complexity index is 297. The highest BCUT2D eigenvalue weighted by Gasteiger charge is 2.35. The molecule has 1 fully saturated rings. The Kier molecular flexibility index (Phi) is 6.81. The maximum atomic E-state index is 11.9. The van der Waals surface area contributed by atoms with Gasteiger partial charge in [0.05, 0.1) is 12.4 Å². The summed E-state index contributed by atoms with van der Waals surface area (Å²) in [6, 6.07) is 0.0698. The van der Waals surface area contributed by atoms with Gasteiger partial charge in [-0.15, -0.1) is 12.4 Å². The van der Waals surface area contributed by atoms with Crippen LogP contribution in [0.3, 0.4) is 0 Å². The predicted molar refractivity (Wildman–Crippen MR) is 66.2 cm³/mol. The van der Waals surface area contributed by atoms with Crippen molar-refractivity contribution in [1.82, 2.24) is 4.31 Å². The minimum absolute atomic E-state index is 0. The maximum absolute atomic E-state index is 11.9. The highest BCUT2D eigenvalue weighted by atomic mass is 35.5. The second kappa shape index (κ2) is 6.76. The smallest absolute Gasteiger partial charge is 0.216 e. The summed E-state index contributed by atoms with van der Waals surface area (Å²) < 4.78 is 30.1. The second-order valence-corrected chi connectivity index (χ2v) is 6.11. The number of hydrogen-bond acceptors (Lipinski definition) is 4. The lowest BCUT2D eigenvalue weighted by atomic mass is 10.1. The van der Waals surface area contributed by atoms with Gasteiger partial charge in [-0.3, -0.25) is 0 Å². The van der Waals surface area contributed by atoms with E-state index in [0.29, 0.717) is 19.0 Å². The largest absolute Gasteiger partial charge is 0.384 e. The molecule has 1 aliphatic rings. The van der Waals surface area contributed by atoms with E-state index in [9.17, 15) is 8.42 Å². The Morgan fingerprint density at radius 1 is 1.50 bits per heavy atom. The van der Waals surface area contributed by atoms with Gasteiger partial charge in [0, 0.05) is 19.7 Å². The topological polar surface area (TPSA) is 72.6 Å². The molecule has 0 aromatic carbocycles. The van der Waals surface area contributed by atoms with Gasteiger partial charge in [-0.2, -0.15) is 4.31 Å². The number of nitrogens with zero attached hydrogens (tertiary/aromatic N) is 1. The van der Waals surface area contributed by atoms with E-state index in [0.717, 1.165) is 6.42 Å². The van der Waals surface area contributed by atoms with Gasteiger partial charge in [-0.1, -0.05) is 0 Å². The third-order valence-electron chi connectivity index (χ3n) is 2.84. The van der Waals surface area contributed by atoms with Gasteiger partial charge in [0.25, 0.3) is 0 Å². The summed E-state index contributed by atoms with van der Waals surface area (Å²) in [6.45, 7) is 3.29. The Balaban J connectivity index is 0.00000225. The van der Waals surface area contributed by atoms with Crippen molar-refractivity contribution in [3.63, 3.8) is 0 Å². The number of ether oxygens (including phenoxy) is 1. The number of sulfonamides is 1. The van der Waals surface area contributed by atoms with E-state index in [1.54, 1.807) is 4.31 Å². The molecule has 1 saturated heterocycles. The van der Waals surface area contributed by atoms with E-state index in [1.165, 1.54) is 7.11 Å². The molecule has 1 rings (SSSR count). The lowest BCUT2D eigenvalue weighted by Gasteiger charge is -2.20. The molecule has 0 amide bonds. The van der Waals surface area contributed by atoms with Crippen molar-refractivity contribution in [2.75, 3.05) is 32.6 Å². The van der Waals surface area contributed by atoms with Crippen molar-refractivity contribution in [3.05, 3.63) is 0 Å². The molecule has 1 heterocycles. The van der Waals surface area contributed by atoms with E-state index >= 15 is 0 Å². The normalized spacial score (nSPS) is 26.7. The van der Waals surface area contributed by atoms with Crippen molar-refractivity contribution in [1.29, 1.82) is 0 Å². The van der Waals surface area contributed by atoms with E-state index in [4.69, 9.17) is 10.5 Å². The minimum Gasteiger partial charge on any atom is -0.384 e. The van der Waals surface area contributed by atoms with Gasteiger partial charge in [0.15, 0.2) is 0 Å². The highest BCUT2D eigenvalue weighted by molar-refractivity contribution is 7.89. The molecule has 2 unspecified atom stereocenters. The quantitative estimate of drug-likeness (QED) is 0.768. The molecule has 0 aliphatic carbocycles. The van der Waals surface area contributed by atoms with Gasteiger partial charge in [0.1, 0.15) is 0 Å². The van der Waals surface area contributed by atoms with E-state index in [-0.39, 0.29) is 30.8 Å². The molecule has 0 saturated carbocycles. The van der Waals surface area contributed by atoms with E-state index in [2.05, 4.69) is 0 Å². The van der Waals surface area contributed by atoms with Crippen molar-refractivity contribution in [3.8, 4) is 0 Å². The Labute approximate surface area is 104 Å². The number of hydrogen-bond donors (Lipinski definition) is 1. The van der Waals surface area contributed by atoms with Crippen LogP contribution in [-0.4, -0.2) is 51.3 Å². The average Bonchev–Trinajstić information content (AvgIpc) is 2.57. The van der Waals surface area contributed by atoms with Crippen molar-refractivity contribution in [2.45, 2.75) is 19.4 Å². The Morgan fingerprint density at radius 2 is 2.12 bits per heavy atom. The molecule has 0 radical (unpaired) electrons. The molecule has 0 aromatic heterocycles. The minimum atomic E-state index is -3.16. The fourth-order valence-corrected chi connectivity index (χ4v) is 3.66. The summed E-state index contributed by atoms with van der Waals surface area (Å²) >= 11 is 0. The van der Waals surface area contributed by atoms with Crippen LogP contribution >= 0.6 is 12.4 Å². The molecule has 2 N–H and O–H groups in total. The molecule has 98 valence electrons. The summed E-state index contributed by atoms with van der Waals surface area (Å²) in [5.74, 6) is 0.364. The summed E-state index contributed by atoms with van der Waals surface area (Å²) in [4.78, 5) is 0. The second-order valence-electron chi connectivity index (χ2n) is 4.06. The fourth-order valence-electron chi connectivity index (χ4n) is 1.97. The first-order chi connectivity index (χ1) is 7.01. The molecule has 1 aliphatic heterocycles. The van der Waals surface area contributed by atoms with Crippen LogP contribution in [0.25, 0.3) is 0 Å². The van der Waals surface area contributed by atoms with Crippen molar-refractivity contribution >= 4 is 22.4 Å². The Morgan fingerprint density at radius 3 is 2.56 bits per heavy atom. The zero-order chi connectivity index (χ0) is 11.5. The molecular formula is C9H21ClN2O3S. The van der Waals surface area contributed by atoms with Gasteiger partial charge >= 0.3 is 0 Å². The van der Waals surface area contributed by atoms with Gasteiger partial charge < -0.3 is 10.5 Å². The zero-order valence-electron chi connectivity index (χ0n) is 9.76. The van der Waals surface area contributed by atoms with Crippen LogP contribution in [-0.2, 0) is 14.8 Å². The molecule has 0 aromatic rings. The van der Waals surface area contributed by atoms with Gasteiger partial charge in [-0.25, -0.2) is 8.42 Å². The number of methoxy groups -OCH3 is 1. The first-order valence-corrected chi connectivity index (χ1v) is 6.80. The molecule has 16 heavy (non-hydrogen) atoms. The van der Waals surface area contributed by atoms with Crippen LogP contribution < -0.4 is 5.73 Å². The number of nitrogens with two attached hydrogens (primary N) is 1. The first kappa shape index (κ1) is 16.1. The number of rotatable bonds is 5. The van der Waals surface area contributed by atoms with Crippen LogP contribution in [0.15, 0.2) is 0 Å². The summed E-state index contributed by atoms with van der Waals surface area (Å²) in [7, 11) is -1.66. The van der Waals surface area contributed by atoms with Crippen molar-refractivity contribution in [2.24, 2.45) is 11.7 Å². The molecule has 7 heteroatoms. The predicted octanol–water partition coefficient (Wildman–Crippen LogP) is 0.0535. The summed E-state index contributed by atoms with van der Waals surface area (Å²) in [5.41, 5.74) is 5.56. The van der Waals surface area contributed by atoms with Crippen LogP contribution in [0.1, 0.15) is 13.3 Å². The molecule has 2 atom stereocenters. The summed E-state index contributed by atoms with van der Waals surface area (Å²) in [5, 5.41) is 0. The van der Waals surface area contributed by atoms with E-state index in [1.807, 2.05) is 6.92 Å². The summed E-state index contributed by atoms with van der Waals surface area (Å²) in [6.07, 6.45) is 0.864. The van der Waals surface area contributed by atoms with Crippen molar-refractivity contribution < 1.29 is 13.2 Å². The van der Waals surface area contributed by atoms with Crippen LogP contribution in [0.4, 0.5) is 0 Å². The first-order valence-electron chi connectivity index (χ1n) is 5.19. The monoisotopic (exact) mass is 272 g/mol. The molecule has 0 spiro atoms.